The fraction of sp³-hybridized carbons (Fsp3) is 0.667. The van der Waals surface area contributed by atoms with Crippen LogP contribution in [-0.2, 0) is 17.6 Å². The smallest absolute Gasteiger partial charge is 0.132 e. The molecule has 4 nitrogen and oxygen atoms in total. The summed E-state index contributed by atoms with van der Waals surface area (Å²) in [7, 11) is 1.73. The molecule has 0 aromatic carbocycles. The number of fused-ring (bicyclic) bond motifs is 1. The molecule has 1 N–H and O–H groups in total. The summed E-state index contributed by atoms with van der Waals surface area (Å²) in [4.78, 5) is 8.68. The maximum Gasteiger partial charge on any atom is 0.132 e. The second-order valence-corrected chi connectivity index (χ2v) is 4.13. The molecule has 1 aliphatic carbocycles. The Balaban J connectivity index is 1.97. The van der Waals surface area contributed by atoms with Gasteiger partial charge >= 0.3 is 0 Å². The Labute approximate surface area is 96.4 Å². The summed E-state index contributed by atoms with van der Waals surface area (Å²) in [6.07, 6.45) is 7.41. The Morgan fingerprint density at radius 3 is 3.06 bits per heavy atom. The van der Waals surface area contributed by atoms with E-state index < -0.39 is 0 Å². The van der Waals surface area contributed by atoms with E-state index in [0.717, 1.165) is 38.2 Å². The predicted molar refractivity (Wildman–Crippen MR) is 63.7 cm³/mol. The zero-order valence-electron chi connectivity index (χ0n) is 9.83. The molecule has 0 aliphatic heterocycles. The molecule has 2 rings (SSSR count). The van der Waals surface area contributed by atoms with Gasteiger partial charge in [-0.05, 0) is 32.1 Å². The number of rotatable bonds is 5. The summed E-state index contributed by atoms with van der Waals surface area (Å²) in [6, 6.07) is 0. The fourth-order valence-corrected chi connectivity index (χ4v) is 2.10. The fourth-order valence-electron chi connectivity index (χ4n) is 2.10. The number of aryl methyl sites for hydroxylation is 1. The number of aromatic nitrogens is 2. The molecular formula is C12H19N3O. The molecule has 1 heterocycles. The zero-order chi connectivity index (χ0) is 11.2. The van der Waals surface area contributed by atoms with E-state index in [4.69, 9.17) is 4.74 Å². The number of nitrogens with zero attached hydrogens (tertiary/aromatic N) is 2. The van der Waals surface area contributed by atoms with Crippen LogP contribution in [0.5, 0.6) is 0 Å². The normalized spacial score (nSPS) is 14.6. The summed E-state index contributed by atoms with van der Waals surface area (Å²) in [6.45, 7) is 1.71. The molecule has 88 valence electrons. The van der Waals surface area contributed by atoms with Gasteiger partial charge in [-0.15, -0.1) is 0 Å². The van der Waals surface area contributed by atoms with E-state index in [1.165, 1.54) is 24.1 Å². The van der Waals surface area contributed by atoms with E-state index in [0.29, 0.717) is 0 Å². The van der Waals surface area contributed by atoms with Crippen LogP contribution in [-0.4, -0.2) is 30.2 Å². The van der Waals surface area contributed by atoms with Crippen molar-refractivity contribution in [3.8, 4) is 0 Å². The van der Waals surface area contributed by atoms with E-state index in [9.17, 15) is 0 Å². The van der Waals surface area contributed by atoms with Crippen LogP contribution >= 0.6 is 0 Å². The lowest BCUT2D eigenvalue weighted by atomic mass is 9.96. The summed E-state index contributed by atoms with van der Waals surface area (Å²) in [5, 5.41) is 3.38. The Kier molecular flexibility index (Phi) is 4.10. The van der Waals surface area contributed by atoms with Crippen LogP contribution in [0, 0.1) is 0 Å². The highest BCUT2D eigenvalue weighted by atomic mass is 16.5. The highest BCUT2D eigenvalue weighted by Crippen LogP contribution is 2.24. The predicted octanol–water partition coefficient (Wildman–Crippen LogP) is 1.80. The van der Waals surface area contributed by atoms with Crippen LogP contribution in [0.25, 0.3) is 0 Å². The van der Waals surface area contributed by atoms with Gasteiger partial charge < -0.3 is 10.1 Å². The molecule has 4 heteroatoms. The van der Waals surface area contributed by atoms with Crippen LogP contribution in [0.4, 0.5) is 5.82 Å². The number of methoxy groups -OCH3 is 1. The van der Waals surface area contributed by atoms with E-state index in [-0.39, 0.29) is 0 Å². The molecule has 0 bridgehead atoms. The topological polar surface area (TPSA) is 47.0 Å². The van der Waals surface area contributed by atoms with Crippen molar-refractivity contribution in [1.82, 2.24) is 9.97 Å². The third-order valence-corrected chi connectivity index (χ3v) is 2.94. The number of anilines is 1. The van der Waals surface area contributed by atoms with Crippen molar-refractivity contribution in [2.75, 3.05) is 25.6 Å². The van der Waals surface area contributed by atoms with Crippen molar-refractivity contribution in [3.63, 3.8) is 0 Å². The lowest BCUT2D eigenvalue weighted by molar-refractivity contribution is 0.197. The first-order valence-electron chi connectivity index (χ1n) is 5.97. The number of hydrogen-bond acceptors (Lipinski definition) is 4. The second kappa shape index (κ2) is 5.80. The molecule has 16 heavy (non-hydrogen) atoms. The molecule has 1 aliphatic rings. The Morgan fingerprint density at radius 2 is 2.19 bits per heavy atom. The lowest BCUT2D eigenvalue weighted by Crippen LogP contribution is -2.13. The first-order valence-corrected chi connectivity index (χ1v) is 5.97. The quantitative estimate of drug-likeness (QED) is 0.770. The minimum atomic E-state index is 0.792. The molecule has 0 unspecified atom stereocenters. The van der Waals surface area contributed by atoms with Gasteiger partial charge in [-0.2, -0.15) is 0 Å². The van der Waals surface area contributed by atoms with Gasteiger partial charge in [0.25, 0.3) is 0 Å². The first-order chi connectivity index (χ1) is 7.92. The molecule has 0 spiro atoms. The Morgan fingerprint density at radius 1 is 1.31 bits per heavy atom. The molecule has 1 aromatic rings. The van der Waals surface area contributed by atoms with Gasteiger partial charge in [0.2, 0.25) is 0 Å². The molecule has 0 fully saturated rings. The van der Waals surface area contributed by atoms with Crippen molar-refractivity contribution in [2.45, 2.75) is 32.1 Å². The van der Waals surface area contributed by atoms with Crippen LogP contribution in [0.1, 0.15) is 30.5 Å². The van der Waals surface area contributed by atoms with E-state index in [2.05, 4.69) is 15.3 Å². The molecule has 0 amide bonds. The van der Waals surface area contributed by atoms with Gasteiger partial charge in [-0.25, -0.2) is 9.97 Å². The highest BCUT2D eigenvalue weighted by molar-refractivity contribution is 5.46. The monoisotopic (exact) mass is 221 g/mol. The molecule has 0 radical (unpaired) electrons. The first kappa shape index (κ1) is 11.3. The van der Waals surface area contributed by atoms with Crippen molar-refractivity contribution >= 4 is 5.82 Å². The van der Waals surface area contributed by atoms with Crippen molar-refractivity contribution in [1.29, 1.82) is 0 Å². The molecule has 0 saturated heterocycles. The second-order valence-electron chi connectivity index (χ2n) is 4.13. The minimum absolute atomic E-state index is 0.792. The molecule has 1 aromatic heterocycles. The summed E-state index contributed by atoms with van der Waals surface area (Å²) in [5.74, 6) is 1.03. The van der Waals surface area contributed by atoms with Gasteiger partial charge in [0.15, 0.2) is 0 Å². The Hall–Kier alpha value is -1.16. The SMILES string of the molecule is COCCCNc1ncnc2c1CCCC2. The standard InChI is InChI=1S/C12H19N3O/c1-16-8-4-7-13-12-10-5-2-3-6-11(10)14-9-15-12/h9H,2-8H2,1H3,(H,13,14,15). The van der Waals surface area contributed by atoms with E-state index in [1.807, 2.05) is 0 Å². The lowest BCUT2D eigenvalue weighted by Gasteiger charge is -2.17. The van der Waals surface area contributed by atoms with Gasteiger partial charge in [-0.1, -0.05) is 0 Å². The largest absolute Gasteiger partial charge is 0.385 e. The van der Waals surface area contributed by atoms with Gasteiger partial charge in [0.1, 0.15) is 12.1 Å². The Bertz CT molecular complexity index is 341. The summed E-state index contributed by atoms with van der Waals surface area (Å²) < 4.78 is 5.02. The summed E-state index contributed by atoms with van der Waals surface area (Å²) in [5.41, 5.74) is 2.56. The maximum atomic E-state index is 5.02. The minimum Gasteiger partial charge on any atom is -0.385 e. The maximum absolute atomic E-state index is 5.02. The number of ether oxygens (including phenoxy) is 1. The van der Waals surface area contributed by atoms with Crippen molar-refractivity contribution in [3.05, 3.63) is 17.6 Å². The third-order valence-electron chi connectivity index (χ3n) is 2.94. The van der Waals surface area contributed by atoms with Gasteiger partial charge in [0.05, 0.1) is 0 Å². The van der Waals surface area contributed by atoms with Crippen LogP contribution in [0.15, 0.2) is 6.33 Å². The van der Waals surface area contributed by atoms with Crippen LogP contribution < -0.4 is 5.32 Å². The van der Waals surface area contributed by atoms with Crippen molar-refractivity contribution in [2.24, 2.45) is 0 Å². The van der Waals surface area contributed by atoms with Crippen LogP contribution in [0.2, 0.25) is 0 Å². The number of hydrogen-bond donors (Lipinski definition) is 1. The highest BCUT2D eigenvalue weighted by Gasteiger charge is 2.14. The average Bonchev–Trinajstić information content (AvgIpc) is 2.35. The number of nitrogens with one attached hydrogen (secondary N) is 1. The van der Waals surface area contributed by atoms with Crippen molar-refractivity contribution < 1.29 is 4.74 Å². The molecular weight excluding hydrogens is 202 g/mol. The summed E-state index contributed by atoms with van der Waals surface area (Å²) >= 11 is 0. The average molecular weight is 221 g/mol. The van der Waals surface area contributed by atoms with E-state index in [1.54, 1.807) is 13.4 Å². The van der Waals surface area contributed by atoms with Crippen LogP contribution in [0.3, 0.4) is 0 Å². The zero-order valence-corrected chi connectivity index (χ0v) is 9.83. The molecule has 0 atom stereocenters. The van der Waals surface area contributed by atoms with Gasteiger partial charge in [0, 0.05) is 31.5 Å². The third kappa shape index (κ3) is 2.70. The van der Waals surface area contributed by atoms with Gasteiger partial charge in [-0.3, -0.25) is 0 Å². The molecule has 0 saturated carbocycles. The van der Waals surface area contributed by atoms with E-state index >= 15 is 0 Å².